The quantitative estimate of drug-likeness (QED) is 0.478. The standard InChI is InChI=1S/C22H25ClN2O4/c1-4-5-6-7-10-25-21(27)17(12-24)15(3)20(22(25)28)19(26)13-29-16-8-9-18(23)14(2)11-16/h8-9,11,28H,4-7,10,13H2,1-3H3. The molecule has 2 aromatic rings. The molecule has 1 aromatic heterocycles. The van der Waals surface area contributed by atoms with E-state index in [1.165, 1.54) is 6.92 Å². The van der Waals surface area contributed by atoms with Crippen molar-refractivity contribution in [2.75, 3.05) is 6.61 Å². The second-order valence-corrected chi connectivity index (χ2v) is 7.36. The van der Waals surface area contributed by atoms with Gasteiger partial charge >= 0.3 is 0 Å². The lowest BCUT2D eigenvalue weighted by Crippen LogP contribution is -2.27. The van der Waals surface area contributed by atoms with Crippen LogP contribution < -0.4 is 10.3 Å². The van der Waals surface area contributed by atoms with Crippen LogP contribution in [0.2, 0.25) is 5.02 Å². The molecule has 0 bridgehead atoms. The Bertz CT molecular complexity index is 1010. The van der Waals surface area contributed by atoms with Crippen LogP contribution in [-0.4, -0.2) is 22.1 Å². The fourth-order valence-electron chi connectivity index (χ4n) is 3.12. The first-order valence-electron chi connectivity index (χ1n) is 9.60. The van der Waals surface area contributed by atoms with Crippen LogP contribution in [0.25, 0.3) is 0 Å². The summed E-state index contributed by atoms with van der Waals surface area (Å²) in [6.45, 7) is 5.29. The molecule has 0 spiro atoms. The Morgan fingerprint density at radius 3 is 2.62 bits per heavy atom. The van der Waals surface area contributed by atoms with Crippen LogP contribution in [0.15, 0.2) is 23.0 Å². The van der Waals surface area contributed by atoms with Gasteiger partial charge in [-0.3, -0.25) is 14.2 Å². The van der Waals surface area contributed by atoms with Gasteiger partial charge in [0.1, 0.15) is 17.4 Å². The number of nitrogens with zero attached hydrogens (tertiary/aromatic N) is 2. The first kappa shape index (κ1) is 22.5. The van der Waals surface area contributed by atoms with Crippen LogP contribution in [0.3, 0.4) is 0 Å². The van der Waals surface area contributed by atoms with E-state index < -0.39 is 17.2 Å². The molecule has 1 heterocycles. The molecule has 0 radical (unpaired) electrons. The van der Waals surface area contributed by atoms with Gasteiger partial charge in [-0.1, -0.05) is 37.8 Å². The number of halogens is 1. The molecule has 0 aliphatic carbocycles. The number of pyridine rings is 1. The number of nitriles is 1. The Kier molecular flexibility index (Phi) is 7.86. The predicted octanol–water partition coefficient (Wildman–Crippen LogP) is 4.54. The third kappa shape index (κ3) is 5.18. The fourth-order valence-corrected chi connectivity index (χ4v) is 3.23. The Morgan fingerprint density at radius 2 is 2.00 bits per heavy atom. The van der Waals surface area contributed by atoms with Crippen molar-refractivity contribution in [3.63, 3.8) is 0 Å². The van der Waals surface area contributed by atoms with Gasteiger partial charge < -0.3 is 9.84 Å². The third-order valence-corrected chi connectivity index (χ3v) is 5.24. The Labute approximate surface area is 175 Å². The molecule has 0 aliphatic heterocycles. The first-order valence-corrected chi connectivity index (χ1v) is 9.98. The maximum atomic E-state index is 12.8. The summed E-state index contributed by atoms with van der Waals surface area (Å²) in [5.41, 5.74) is 0.208. The van der Waals surface area contributed by atoms with Crippen molar-refractivity contribution >= 4 is 17.4 Å². The molecule has 0 aliphatic rings. The minimum atomic E-state index is -0.579. The molecule has 0 saturated carbocycles. The van der Waals surface area contributed by atoms with E-state index in [2.05, 4.69) is 6.92 Å². The van der Waals surface area contributed by atoms with Crippen LogP contribution in [0, 0.1) is 25.2 Å². The van der Waals surface area contributed by atoms with E-state index in [1.54, 1.807) is 18.2 Å². The van der Waals surface area contributed by atoms with E-state index in [-0.39, 0.29) is 29.8 Å². The molecule has 0 atom stereocenters. The number of rotatable bonds is 9. The normalized spacial score (nSPS) is 10.6. The summed E-state index contributed by atoms with van der Waals surface area (Å²) in [7, 11) is 0. The number of carbonyl (C=O) groups excluding carboxylic acids is 1. The summed E-state index contributed by atoms with van der Waals surface area (Å²) in [4.78, 5) is 25.3. The summed E-state index contributed by atoms with van der Waals surface area (Å²) < 4.78 is 6.65. The van der Waals surface area contributed by atoms with Gasteiger partial charge in [0.15, 0.2) is 6.61 Å². The smallest absolute Gasteiger partial charge is 0.271 e. The predicted molar refractivity (Wildman–Crippen MR) is 112 cm³/mol. The molecule has 0 unspecified atom stereocenters. The van der Waals surface area contributed by atoms with Gasteiger partial charge in [-0.15, -0.1) is 0 Å². The van der Waals surface area contributed by atoms with E-state index in [4.69, 9.17) is 16.3 Å². The highest BCUT2D eigenvalue weighted by atomic mass is 35.5. The molecule has 0 amide bonds. The minimum Gasteiger partial charge on any atom is -0.494 e. The molecule has 7 heteroatoms. The molecule has 154 valence electrons. The van der Waals surface area contributed by atoms with E-state index >= 15 is 0 Å². The number of Topliss-reactive ketones (excluding diaryl/α,β-unsaturated/α-hetero) is 1. The van der Waals surface area contributed by atoms with Crippen LogP contribution >= 0.6 is 11.6 Å². The number of unbranched alkanes of at least 4 members (excludes halogenated alkanes) is 3. The number of aryl methyl sites for hydroxylation is 1. The van der Waals surface area contributed by atoms with Crippen LogP contribution in [0.1, 0.15) is 59.7 Å². The summed E-state index contributed by atoms with van der Waals surface area (Å²) in [6, 6.07) is 6.88. The maximum Gasteiger partial charge on any atom is 0.271 e. The Morgan fingerprint density at radius 1 is 1.28 bits per heavy atom. The Hall–Kier alpha value is -2.78. The number of ether oxygens (including phenoxy) is 1. The van der Waals surface area contributed by atoms with Gasteiger partial charge in [-0.25, -0.2) is 0 Å². The molecular weight excluding hydrogens is 392 g/mol. The lowest BCUT2D eigenvalue weighted by molar-refractivity contribution is 0.0916. The van der Waals surface area contributed by atoms with Crippen LogP contribution in [0.4, 0.5) is 0 Å². The zero-order valence-electron chi connectivity index (χ0n) is 16.9. The average molecular weight is 417 g/mol. The topological polar surface area (TPSA) is 92.3 Å². The summed E-state index contributed by atoms with van der Waals surface area (Å²) in [5, 5.41) is 20.6. The molecule has 1 aromatic carbocycles. The van der Waals surface area contributed by atoms with Crippen molar-refractivity contribution in [2.24, 2.45) is 0 Å². The van der Waals surface area contributed by atoms with Gasteiger partial charge in [0.25, 0.3) is 5.56 Å². The number of hydrogen-bond donors (Lipinski definition) is 1. The second-order valence-electron chi connectivity index (χ2n) is 6.95. The number of ketones is 1. The van der Waals surface area contributed by atoms with E-state index in [0.29, 0.717) is 17.2 Å². The number of aromatic nitrogens is 1. The van der Waals surface area contributed by atoms with Crippen LogP contribution in [0.5, 0.6) is 11.6 Å². The highest BCUT2D eigenvalue weighted by molar-refractivity contribution is 6.31. The highest BCUT2D eigenvalue weighted by Gasteiger charge is 2.24. The molecule has 2 rings (SSSR count). The number of hydrogen-bond acceptors (Lipinski definition) is 5. The average Bonchev–Trinajstić information content (AvgIpc) is 2.68. The van der Waals surface area contributed by atoms with Gasteiger partial charge in [-0.2, -0.15) is 5.26 Å². The third-order valence-electron chi connectivity index (χ3n) is 4.81. The maximum absolute atomic E-state index is 12.8. The molecule has 6 nitrogen and oxygen atoms in total. The van der Waals surface area contributed by atoms with Crippen molar-refractivity contribution in [3.8, 4) is 17.7 Å². The summed E-state index contributed by atoms with van der Waals surface area (Å²) in [6.07, 6.45) is 3.60. The molecule has 29 heavy (non-hydrogen) atoms. The van der Waals surface area contributed by atoms with Crippen molar-refractivity contribution in [2.45, 2.75) is 53.0 Å². The molecule has 0 saturated heterocycles. The zero-order valence-corrected chi connectivity index (χ0v) is 17.7. The van der Waals surface area contributed by atoms with Crippen LogP contribution in [-0.2, 0) is 6.54 Å². The highest BCUT2D eigenvalue weighted by Crippen LogP contribution is 2.25. The van der Waals surface area contributed by atoms with E-state index in [9.17, 15) is 20.0 Å². The Balaban J connectivity index is 2.32. The largest absolute Gasteiger partial charge is 0.494 e. The summed E-state index contributed by atoms with van der Waals surface area (Å²) in [5.74, 6) is -0.457. The molecular formula is C22H25ClN2O4. The van der Waals surface area contributed by atoms with E-state index in [0.717, 1.165) is 29.4 Å². The van der Waals surface area contributed by atoms with Gasteiger partial charge in [0.05, 0.1) is 5.56 Å². The summed E-state index contributed by atoms with van der Waals surface area (Å²) >= 11 is 5.99. The van der Waals surface area contributed by atoms with Crippen molar-refractivity contribution in [1.82, 2.24) is 4.57 Å². The molecule has 1 N–H and O–H groups in total. The zero-order chi connectivity index (χ0) is 21.6. The first-order chi connectivity index (χ1) is 13.8. The SMILES string of the molecule is CCCCCCn1c(O)c(C(=O)COc2ccc(Cl)c(C)c2)c(C)c(C#N)c1=O. The lowest BCUT2D eigenvalue weighted by atomic mass is 10.0. The van der Waals surface area contributed by atoms with Crippen molar-refractivity contribution in [1.29, 1.82) is 5.26 Å². The lowest BCUT2D eigenvalue weighted by Gasteiger charge is -2.16. The number of aromatic hydroxyl groups is 1. The fraction of sp³-hybridized carbons (Fsp3) is 0.409. The number of benzene rings is 1. The monoisotopic (exact) mass is 416 g/mol. The minimum absolute atomic E-state index is 0.0534. The molecule has 0 fully saturated rings. The van der Waals surface area contributed by atoms with Gasteiger partial charge in [0, 0.05) is 11.6 Å². The van der Waals surface area contributed by atoms with E-state index in [1.807, 2.05) is 13.0 Å². The van der Waals surface area contributed by atoms with Crippen molar-refractivity contribution in [3.05, 3.63) is 55.8 Å². The van der Waals surface area contributed by atoms with Gasteiger partial charge in [0.2, 0.25) is 11.7 Å². The van der Waals surface area contributed by atoms with Crippen molar-refractivity contribution < 1.29 is 14.6 Å². The van der Waals surface area contributed by atoms with Gasteiger partial charge in [-0.05, 0) is 49.6 Å². The second kappa shape index (κ2) is 10.1. The number of carbonyl (C=O) groups is 1.